The van der Waals surface area contributed by atoms with Crippen LogP contribution in [0.15, 0.2) is 0 Å². The van der Waals surface area contributed by atoms with E-state index in [2.05, 4.69) is 10.6 Å². The summed E-state index contributed by atoms with van der Waals surface area (Å²) in [4.78, 5) is 0. The topological polar surface area (TPSA) is 42.5 Å². The zero-order valence-corrected chi connectivity index (χ0v) is 5.80. The molecule has 2 aliphatic rings. The van der Waals surface area contributed by atoms with E-state index >= 15 is 0 Å². The van der Waals surface area contributed by atoms with Crippen LogP contribution < -0.4 is 10.6 Å². The maximum Gasteiger partial charge on any atom is 0.186 e. The number of hydrogen-bond acceptors (Lipinski definition) is 4. The van der Waals surface area contributed by atoms with Gasteiger partial charge in [-0.15, -0.1) is 0 Å². The molecule has 2 aliphatic heterocycles. The molecule has 0 atom stereocenters. The zero-order chi connectivity index (χ0) is 6.81. The lowest BCUT2D eigenvalue weighted by Gasteiger charge is -2.36. The predicted molar refractivity (Wildman–Crippen MR) is 35.5 cm³/mol. The highest BCUT2D eigenvalue weighted by Gasteiger charge is 2.28. The van der Waals surface area contributed by atoms with Crippen molar-refractivity contribution in [3.63, 3.8) is 0 Å². The third-order valence-corrected chi connectivity index (χ3v) is 1.77. The van der Waals surface area contributed by atoms with Crippen LogP contribution >= 0.6 is 0 Å². The first-order valence-corrected chi connectivity index (χ1v) is 3.67. The molecule has 0 aromatic rings. The van der Waals surface area contributed by atoms with E-state index in [0.717, 1.165) is 26.3 Å². The molecule has 2 rings (SSSR count). The van der Waals surface area contributed by atoms with Gasteiger partial charge in [0.15, 0.2) is 6.29 Å². The molecule has 58 valence electrons. The molecule has 0 aromatic heterocycles. The van der Waals surface area contributed by atoms with Gasteiger partial charge in [0, 0.05) is 13.1 Å². The van der Waals surface area contributed by atoms with Crippen molar-refractivity contribution in [3.8, 4) is 0 Å². The van der Waals surface area contributed by atoms with Crippen molar-refractivity contribution < 1.29 is 9.47 Å². The molecule has 0 spiro atoms. The van der Waals surface area contributed by atoms with E-state index in [9.17, 15) is 0 Å². The van der Waals surface area contributed by atoms with Crippen LogP contribution in [0.2, 0.25) is 0 Å². The fourth-order valence-corrected chi connectivity index (χ4v) is 1.28. The fourth-order valence-electron chi connectivity index (χ4n) is 1.28. The standard InChI is InChI=1S/C6H12N2O2/c1-3-9-6-5(7-1)8-2-4-10-6/h5-8H,1-4H2. The van der Waals surface area contributed by atoms with Gasteiger partial charge in [-0.1, -0.05) is 0 Å². The second-order valence-corrected chi connectivity index (χ2v) is 2.50. The van der Waals surface area contributed by atoms with Gasteiger partial charge in [-0.25, -0.2) is 0 Å². The molecule has 4 nitrogen and oxygen atoms in total. The number of fused-ring (bicyclic) bond motifs is 1. The van der Waals surface area contributed by atoms with Gasteiger partial charge in [-0.2, -0.15) is 0 Å². The Balaban J connectivity index is 1.93. The van der Waals surface area contributed by atoms with Gasteiger partial charge in [-0.3, -0.25) is 10.6 Å². The van der Waals surface area contributed by atoms with Crippen molar-refractivity contribution >= 4 is 0 Å². The van der Waals surface area contributed by atoms with Gasteiger partial charge in [0.2, 0.25) is 0 Å². The van der Waals surface area contributed by atoms with Crippen LogP contribution in [-0.4, -0.2) is 38.8 Å². The lowest BCUT2D eigenvalue weighted by molar-refractivity contribution is -0.197. The number of morpholine rings is 2. The van der Waals surface area contributed by atoms with Gasteiger partial charge >= 0.3 is 0 Å². The predicted octanol–water partition coefficient (Wildman–Crippen LogP) is -1.12. The second-order valence-electron chi connectivity index (χ2n) is 2.50. The summed E-state index contributed by atoms with van der Waals surface area (Å²) in [6.45, 7) is 3.33. The lowest BCUT2D eigenvalue weighted by Crippen LogP contribution is -2.60. The van der Waals surface area contributed by atoms with Gasteiger partial charge in [0.25, 0.3) is 0 Å². The van der Waals surface area contributed by atoms with Gasteiger partial charge in [-0.05, 0) is 0 Å². The lowest BCUT2D eigenvalue weighted by atomic mass is 10.3. The molecule has 0 amide bonds. The molecular formula is C6H12N2O2. The van der Waals surface area contributed by atoms with Crippen molar-refractivity contribution in [2.75, 3.05) is 26.3 Å². The summed E-state index contributed by atoms with van der Waals surface area (Å²) >= 11 is 0. The molecule has 4 heteroatoms. The van der Waals surface area contributed by atoms with Crippen LogP contribution in [0.3, 0.4) is 0 Å². The Morgan fingerprint density at radius 3 is 2.10 bits per heavy atom. The van der Waals surface area contributed by atoms with Crippen molar-refractivity contribution in [1.29, 1.82) is 0 Å². The minimum absolute atomic E-state index is 0.0671. The maximum atomic E-state index is 5.33. The zero-order valence-electron chi connectivity index (χ0n) is 5.80. The number of nitrogens with one attached hydrogen (secondary N) is 2. The van der Waals surface area contributed by atoms with Crippen molar-refractivity contribution in [3.05, 3.63) is 0 Å². The average molecular weight is 144 g/mol. The van der Waals surface area contributed by atoms with Crippen molar-refractivity contribution in [2.45, 2.75) is 12.5 Å². The van der Waals surface area contributed by atoms with Crippen LogP contribution in [0.25, 0.3) is 0 Å². The summed E-state index contributed by atoms with van der Waals surface area (Å²) in [7, 11) is 0. The molecular weight excluding hydrogens is 132 g/mol. The third-order valence-electron chi connectivity index (χ3n) is 1.77. The molecule has 10 heavy (non-hydrogen) atoms. The molecule has 0 aliphatic carbocycles. The van der Waals surface area contributed by atoms with E-state index in [1.54, 1.807) is 0 Å². The third kappa shape index (κ3) is 1.15. The van der Waals surface area contributed by atoms with Crippen LogP contribution in [0.5, 0.6) is 0 Å². The number of rotatable bonds is 0. The minimum Gasteiger partial charge on any atom is -0.348 e. The SMILES string of the molecule is C1COC2OCCNC2N1. The molecule has 0 aromatic carbocycles. The Kier molecular flexibility index (Phi) is 1.86. The molecule has 0 unspecified atom stereocenters. The average Bonchev–Trinajstić information content (AvgIpc) is 2.05. The number of ether oxygens (including phenoxy) is 2. The summed E-state index contributed by atoms with van der Waals surface area (Å²) in [5.41, 5.74) is 0. The van der Waals surface area contributed by atoms with Gasteiger partial charge in [0.05, 0.1) is 13.2 Å². The van der Waals surface area contributed by atoms with Crippen LogP contribution in [0.1, 0.15) is 0 Å². The molecule has 0 bridgehead atoms. The van der Waals surface area contributed by atoms with Gasteiger partial charge < -0.3 is 9.47 Å². The van der Waals surface area contributed by atoms with Crippen LogP contribution in [0, 0.1) is 0 Å². The molecule has 2 N–H and O–H groups in total. The largest absolute Gasteiger partial charge is 0.348 e. The summed E-state index contributed by atoms with van der Waals surface area (Å²) in [5, 5.41) is 6.52. The Hall–Kier alpha value is -0.160. The maximum absolute atomic E-state index is 5.33. The monoisotopic (exact) mass is 144 g/mol. The Morgan fingerprint density at radius 1 is 1.00 bits per heavy atom. The Bertz CT molecular complexity index is 94.3. The highest BCUT2D eigenvalue weighted by atomic mass is 16.7. The van der Waals surface area contributed by atoms with E-state index in [4.69, 9.17) is 9.47 Å². The molecule has 2 saturated heterocycles. The summed E-state index contributed by atoms with van der Waals surface area (Å²) in [6, 6.07) is 0. The highest BCUT2D eigenvalue weighted by molar-refractivity contribution is 4.75. The quantitative estimate of drug-likeness (QED) is 0.452. The van der Waals surface area contributed by atoms with Crippen molar-refractivity contribution in [1.82, 2.24) is 10.6 Å². The number of hydrogen-bond donors (Lipinski definition) is 2. The molecule has 0 radical (unpaired) electrons. The summed E-state index contributed by atoms with van der Waals surface area (Å²) < 4.78 is 10.7. The molecule has 2 fully saturated rings. The first kappa shape index (κ1) is 6.54. The summed E-state index contributed by atoms with van der Waals surface area (Å²) in [6.07, 6.45) is 0.144. The van der Waals surface area contributed by atoms with E-state index in [0.29, 0.717) is 0 Å². The molecule has 0 saturated carbocycles. The van der Waals surface area contributed by atoms with Crippen LogP contribution in [-0.2, 0) is 9.47 Å². The van der Waals surface area contributed by atoms with E-state index in [1.807, 2.05) is 0 Å². The molecule has 2 heterocycles. The fraction of sp³-hybridized carbons (Fsp3) is 1.00. The normalized spacial score (nSPS) is 40.8. The van der Waals surface area contributed by atoms with E-state index in [1.165, 1.54) is 0 Å². The first-order valence-electron chi connectivity index (χ1n) is 3.67. The Labute approximate surface area is 59.9 Å². The van der Waals surface area contributed by atoms with E-state index < -0.39 is 0 Å². The minimum atomic E-state index is -0.0671. The van der Waals surface area contributed by atoms with Crippen molar-refractivity contribution in [2.24, 2.45) is 0 Å². The highest BCUT2D eigenvalue weighted by Crippen LogP contribution is 2.06. The van der Waals surface area contributed by atoms with Crippen LogP contribution in [0.4, 0.5) is 0 Å². The second kappa shape index (κ2) is 2.84. The first-order chi connectivity index (χ1) is 4.97. The van der Waals surface area contributed by atoms with E-state index in [-0.39, 0.29) is 12.5 Å². The summed E-state index contributed by atoms with van der Waals surface area (Å²) in [5.74, 6) is 0. The smallest absolute Gasteiger partial charge is 0.186 e. The van der Waals surface area contributed by atoms with Gasteiger partial charge in [0.1, 0.15) is 6.17 Å². The Morgan fingerprint density at radius 2 is 1.60 bits per heavy atom.